The van der Waals surface area contributed by atoms with E-state index < -0.39 is 5.97 Å². The normalized spacial score (nSPS) is 11.1. The Balaban J connectivity index is 2.58. The number of hydrogen-bond acceptors (Lipinski definition) is 3. The summed E-state index contributed by atoms with van der Waals surface area (Å²) in [6, 6.07) is 11.2. The number of carbonyl (C=O) groups is 1. The molecular weight excluding hydrogens is 214 g/mol. The van der Waals surface area contributed by atoms with Crippen LogP contribution < -0.4 is 0 Å². The van der Waals surface area contributed by atoms with Gasteiger partial charge in [-0.2, -0.15) is 5.26 Å². The minimum atomic E-state index is -0.565. The first-order valence-electron chi connectivity index (χ1n) is 5.46. The highest BCUT2D eigenvalue weighted by molar-refractivity contribution is 5.92. The first kappa shape index (κ1) is 13.0. The van der Waals surface area contributed by atoms with Gasteiger partial charge in [-0.05, 0) is 11.5 Å². The fourth-order valence-corrected chi connectivity index (χ4v) is 1.29. The van der Waals surface area contributed by atoms with Gasteiger partial charge in [0.25, 0.3) is 0 Å². The molecule has 0 N–H and O–H groups in total. The molecule has 17 heavy (non-hydrogen) atoms. The van der Waals surface area contributed by atoms with E-state index in [0.29, 0.717) is 0 Å². The van der Waals surface area contributed by atoms with Crippen molar-refractivity contribution in [2.75, 3.05) is 0 Å². The Kier molecular flexibility index (Phi) is 4.96. The lowest BCUT2D eigenvalue weighted by Crippen LogP contribution is -2.07. The average Bonchev–Trinajstić information content (AvgIpc) is 2.34. The van der Waals surface area contributed by atoms with E-state index in [1.807, 2.05) is 50.2 Å². The molecule has 0 fully saturated rings. The van der Waals surface area contributed by atoms with Gasteiger partial charge in [-0.15, -0.1) is 0 Å². The smallest absolute Gasteiger partial charge is 0.348 e. The van der Waals surface area contributed by atoms with Gasteiger partial charge in [-0.25, -0.2) is 4.79 Å². The van der Waals surface area contributed by atoms with Gasteiger partial charge in [0.05, 0.1) is 0 Å². The summed E-state index contributed by atoms with van der Waals surface area (Å²) < 4.78 is 5.05. The Morgan fingerprint density at radius 2 is 2.06 bits per heavy atom. The highest BCUT2D eigenvalue weighted by atomic mass is 16.5. The van der Waals surface area contributed by atoms with Crippen LogP contribution in [0, 0.1) is 17.2 Å². The highest BCUT2D eigenvalue weighted by Crippen LogP contribution is 2.06. The molecule has 3 heteroatoms. The van der Waals surface area contributed by atoms with Gasteiger partial charge in [0, 0.05) is 0 Å². The van der Waals surface area contributed by atoms with E-state index in [1.54, 1.807) is 6.08 Å². The summed E-state index contributed by atoms with van der Waals surface area (Å²) in [5, 5.41) is 8.82. The number of benzene rings is 1. The minimum absolute atomic E-state index is 0.0657. The Bertz CT molecular complexity index is 441. The molecule has 0 heterocycles. The molecule has 0 radical (unpaired) electrons. The second-order valence-corrected chi connectivity index (χ2v) is 4.00. The third-order valence-corrected chi connectivity index (χ3v) is 2.05. The van der Waals surface area contributed by atoms with Crippen molar-refractivity contribution < 1.29 is 9.53 Å². The fraction of sp³-hybridized carbons (Fsp3) is 0.286. The van der Waals surface area contributed by atoms with E-state index in [0.717, 1.165) is 5.56 Å². The quantitative estimate of drug-likeness (QED) is 0.453. The molecule has 1 aromatic rings. The van der Waals surface area contributed by atoms with Crippen molar-refractivity contribution >= 4 is 5.97 Å². The molecule has 1 rings (SSSR count). The Hall–Kier alpha value is -2.08. The van der Waals surface area contributed by atoms with Crippen molar-refractivity contribution in [1.29, 1.82) is 5.26 Å². The van der Waals surface area contributed by atoms with Gasteiger partial charge in [0.2, 0.25) is 0 Å². The lowest BCUT2D eigenvalue weighted by molar-refractivity contribution is -0.139. The summed E-state index contributed by atoms with van der Waals surface area (Å²) in [6.45, 7) is 4.00. The highest BCUT2D eigenvalue weighted by Gasteiger charge is 2.10. The maximum Gasteiger partial charge on any atom is 0.348 e. The van der Waals surface area contributed by atoms with Crippen molar-refractivity contribution in [2.24, 2.45) is 5.92 Å². The predicted molar refractivity (Wildman–Crippen MR) is 64.8 cm³/mol. The third-order valence-electron chi connectivity index (χ3n) is 2.05. The topological polar surface area (TPSA) is 50.1 Å². The van der Waals surface area contributed by atoms with E-state index in [1.165, 1.54) is 0 Å². The number of nitriles is 1. The first-order chi connectivity index (χ1) is 8.13. The Morgan fingerprint density at radius 3 is 2.59 bits per heavy atom. The lowest BCUT2D eigenvalue weighted by atomic mass is 10.1. The molecule has 0 spiro atoms. The molecule has 0 unspecified atom stereocenters. The monoisotopic (exact) mass is 229 g/mol. The Labute approximate surface area is 101 Å². The van der Waals surface area contributed by atoms with E-state index in [-0.39, 0.29) is 18.1 Å². The molecule has 88 valence electrons. The number of nitrogens with zero attached hydrogens (tertiary/aromatic N) is 1. The number of ether oxygens (including phenoxy) is 1. The van der Waals surface area contributed by atoms with Crippen LogP contribution in [0.2, 0.25) is 0 Å². The molecule has 0 aliphatic heterocycles. The van der Waals surface area contributed by atoms with Crippen molar-refractivity contribution in [3.8, 4) is 6.07 Å². The predicted octanol–water partition coefficient (Wildman–Crippen LogP) is 2.84. The molecule has 0 saturated carbocycles. The van der Waals surface area contributed by atoms with Gasteiger partial charge in [-0.3, -0.25) is 0 Å². The van der Waals surface area contributed by atoms with Gasteiger partial charge < -0.3 is 4.74 Å². The molecule has 1 aromatic carbocycles. The first-order valence-corrected chi connectivity index (χ1v) is 5.46. The molecule has 0 aliphatic rings. The van der Waals surface area contributed by atoms with Crippen molar-refractivity contribution in [3.05, 3.63) is 47.5 Å². The standard InChI is InChI=1S/C14H15NO2/c1-11(2)8-13(9-15)14(16)17-10-12-6-4-3-5-7-12/h3-8,11H,10H2,1-2H3/b13-8-. The summed E-state index contributed by atoms with van der Waals surface area (Å²) in [5.74, 6) is -0.418. The van der Waals surface area contributed by atoms with Crippen LogP contribution in [0.3, 0.4) is 0 Å². The van der Waals surface area contributed by atoms with Gasteiger partial charge in [0.15, 0.2) is 0 Å². The lowest BCUT2D eigenvalue weighted by Gasteiger charge is -2.04. The summed E-state index contributed by atoms with van der Waals surface area (Å²) in [4.78, 5) is 11.6. The number of carbonyl (C=O) groups excluding carboxylic acids is 1. The van der Waals surface area contributed by atoms with Gasteiger partial charge in [0.1, 0.15) is 18.2 Å². The molecule has 0 amide bonds. The van der Waals surface area contributed by atoms with Crippen LogP contribution in [0.4, 0.5) is 0 Å². The molecule has 0 atom stereocenters. The zero-order valence-corrected chi connectivity index (χ0v) is 10.0. The molecule has 0 bridgehead atoms. The van der Waals surface area contributed by atoms with Crippen molar-refractivity contribution in [2.45, 2.75) is 20.5 Å². The molecule has 3 nitrogen and oxygen atoms in total. The van der Waals surface area contributed by atoms with Crippen LogP contribution in [-0.2, 0) is 16.1 Å². The second kappa shape index (κ2) is 6.49. The van der Waals surface area contributed by atoms with E-state index in [4.69, 9.17) is 10.00 Å². The largest absolute Gasteiger partial charge is 0.457 e. The summed E-state index contributed by atoms with van der Waals surface area (Å²) in [6.07, 6.45) is 1.60. The molecule has 0 aliphatic carbocycles. The van der Waals surface area contributed by atoms with Crippen LogP contribution in [0.25, 0.3) is 0 Å². The van der Waals surface area contributed by atoms with Gasteiger partial charge >= 0.3 is 5.97 Å². The maximum absolute atomic E-state index is 11.6. The van der Waals surface area contributed by atoms with Crippen LogP contribution in [0.15, 0.2) is 42.0 Å². The van der Waals surface area contributed by atoms with Crippen LogP contribution >= 0.6 is 0 Å². The van der Waals surface area contributed by atoms with E-state index in [9.17, 15) is 4.79 Å². The average molecular weight is 229 g/mol. The second-order valence-electron chi connectivity index (χ2n) is 4.00. The molecule has 0 aromatic heterocycles. The van der Waals surface area contributed by atoms with Crippen molar-refractivity contribution in [1.82, 2.24) is 0 Å². The van der Waals surface area contributed by atoms with Crippen LogP contribution in [0.5, 0.6) is 0 Å². The Morgan fingerprint density at radius 1 is 1.41 bits per heavy atom. The number of allylic oxidation sites excluding steroid dienone is 1. The minimum Gasteiger partial charge on any atom is -0.457 e. The maximum atomic E-state index is 11.6. The van der Waals surface area contributed by atoms with Crippen LogP contribution in [-0.4, -0.2) is 5.97 Å². The molecule has 0 saturated heterocycles. The summed E-state index contributed by atoms with van der Waals surface area (Å²) in [5.41, 5.74) is 0.971. The zero-order chi connectivity index (χ0) is 12.7. The summed E-state index contributed by atoms with van der Waals surface area (Å²) >= 11 is 0. The molecular formula is C14H15NO2. The number of esters is 1. The van der Waals surface area contributed by atoms with E-state index in [2.05, 4.69) is 0 Å². The SMILES string of the molecule is CC(C)/C=C(/C#N)C(=O)OCc1ccccc1. The van der Waals surface area contributed by atoms with E-state index >= 15 is 0 Å². The number of hydrogen-bond donors (Lipinski definition) is 0. The van der Waals surface area contributed by atoms with Crippen molar-refractivity contribution in [3.63, 3.8) is 0 Å². The fourth-order valence-electron chi connectivity index (χ4n) is 1.29. The zero-order valence-electron chi connectivity index (χ0n) is 10.0. The van der Waals surface area contributed by atoms with Crippen LogP contribution in [0.1, 0.15) is 19.4 Å². The summed E-state index contributed by atoms with van der Waals surface area (Å²) in [7, 11) is 0. The van der Waals surface area contributed by atoms with Gasteiger partial charge in [-0.1, -0.05) is 50.3 Å². The third kappa shape index (κ3) is 4.52. The number of rotatable bonds is 4.